The van der Waals surface area contributed by atoms with Crippen LogP contribution in [0.2, 0.25) is 0 Å². The monoisotopic (exact) mass is 281 g/mol. The lowest BCUT2D eigenvalue weighted by Gasteiger charge is -1.97. The molecule has 0 aliphatic heterocycles. The number of carbonyl (C=O) groups excluding carboxylic acids is 2. The van der Waals surface area contributed by atoms with Crippen LogP contribution in [0.3, 0.4) is 0 Å². The highest BCUT2D eigenvalue weighted by Crippen LogP contribution is 2.17. The Bertz CT molecular complexity index is 605. The number of carbonyl (C=O) groups is 2. The van der Waals surface area contributed by atoms with E-state index in [0.29, 0.717) is 16.6 Å². The topological polar surface area (TPSA) is 94.3 Å². The number of esters is 1. The van der Waals surface area contributed by atoms with Crippen LogP contribution < -0.4 is 5.32 Å². The van der Waals surface area contributed by atoms with Crippen molar-refractivity contribution >= 4 is 28.3 Å². The zero-order valence-corrected chi connectivity index (χ0v) is 11.1. The van der Waals surface area contributed by atoms with E-state index in [0.717, 1.165) is 0 Å². The molecule has 0 aliphatic rings. The lowest BCUT2D eigenvalue weighted by molar-refractivity contribution is -0.139. The SMILES string of the molecule is COC(=O)Cc1csc(NC(=O)c2cc(C)on2)n1. The molecular formula is C11H11N3O4S. The normalized spacial score (nSPS) is 10.2. The minimum Gasteiger partial charge on any atom is -0.469 e. The standard InChI is InChI=1S/C11H11N3O4S/c1-6-3-8(14-18-6)10(16)13-11-12-7(5-19-11)4-9(15)17-2/h3,5H,4H2,1-2H3,(H,12,13,16). The smallest absolute Gasteiger partial charge is 0.311 e. The Kier molecular flexibility index (Phi) is 3.91. The molecular weight excluding hydrogens is 270 g/mol. The predicted octanol–water partition coefficient (Wildman–Crippen LogP) is 1.41. The number of amides is 1. The quantitative estimate of drug-likeness (QED) is 0.851. The first-order chi connectivity index (χ1) is 9.08. The molecule has 0 fully saturated rings. The van der Waals surface area contributed by atoms with E-state index in [1.54, 1.807) is 12.3 Å². The van der Waals surface area contributed by atoms with E-state index in [1.165, 1.54) is 24.5 Å². The molecule has 2 heterocycles. The Morgan fingerprint density at radius 1 is 1.53 bits per heavy atom. The number of anilines is 1. The van der Waals surface area contributed by atoms with Gasteiger partial charge in [0.05, 0.1) is 19.2 Å². The first kappa shape index (κ1) is 13.2. The summed E-state index contributed by atoms with van der Waals surface area (Å²) in [6, 6.07) is 1.53. The fourth-order valence-corrected chi connectivity index (χ4v) is 2.01. The molecule has 0 unspecified atom stereocenters. The molecule has 0 spiro atoms. The second-order valence-electron chi connectivity index (χ2n) is 3.67. The molecule has 0 aliphatic carbocycles. The van der Waals surface area contributed by atoms with Crippen LogP contribution in [0.1, 0.15) is 21.9 Å². The van der Waals surface area contributed by atoms with Crippen molar-refractivity contribution in [1.82, 2.24) is 10.1 Å². The van der Waals surface area contributed by atoms with Crippen molar-refractivity contribution in [2.45, 2.75) is 13.3 Å². The van der Waals surface area contributed by atoms with Crippen molar-refractivity contribution in [3.8, 4) is 0 Å². The van der Waals surface area contributed by atoms with Gasteiger partial charge in [0, 0.05) is 11.4 Å². The van der Waals surface area contributed by atoms with E-state index in [-0.39, 0.29) is 18.1 Å². The maximum Gasteiger partial charge on any atom is 0.311 e. The van der Waals surface area contributed by atoms with Gasteiger partial charge in [-0.1, -0.05) is 5.16 Å². The molecule has 0 saturated heterocycles. The summed E-state index contributed by atoms with van der Waals surface area (Å²) in [5, 5.41) is 8.25. The van der Waals surface area contributed by atoms with Crippen LogP contribution in [0.15, 0.2) is 16.0 Å². The number of thiazole rings is 1. The molecule has 8 heteroatoms. The number of aryl methyl sites for hydroxylation is 1. The minimum atomic E-state index is -0.407. The molecule has 0 aromatic carbocycles. The summed E-state index contributed by atoms with van der Waals surface area (Å²) < 4.78 is 9.34. The van der Waals surface area contributed by atoms with Gasteiger partial charge in [0.25, 0.3) is 5.91 Å². The lowest BCUT2D eigenvalue weighted by atomic mass is 10.3. The van der Waals surface area contributed by atoms with Crippen LogP contribution in [0, 0.1) is 6.92 Å². The molecule has 0 atom stereocenters. The van der Waals surface area contributed by atoms with E-state index in [2.05, 4.69) is 20.2 Å². The number of methoxy groups -OCH3 is 1. The van der Waals surface area contributed by atoms with Gasteiger partial charge in [0.15, 0.2) is 10.8 Å². The summed E-state index contributed by atoms with van der Waals surface area (Å²) in [5.74, 6) is -0.234. The number of nitrogens with one attached hydrogen (secondary N) is 1. The third-order valence-electron chi connectivity index (χ3n) is 2.19. The largest absolute Gasteiger partial charge is 0.469 e. The van der Waals surface area contributed by atoms with E-state index < -0.39 is 5.91 Å². The summed E-state index contributed by atoms with van der Waals surface area (Å²) >= 11 is 1.22. The minimum absolute atomic E-state index is 0.0753. The molecule has 2 rings (SSSR count). The molecule has 7 nitrogen and oxygen atoms in total. The third kappa shape index (κ3) is 3.38. The van der Waals surface area contributed by atoms with Gasteiger partial charge in [0.1, 0.15) is 5.76 Å². The maximum absolute atomic E-state index is 11.8. The van der Waals surface area contributed by atoms with Gasteiger partial charge in [-0.15, -0.1) is 11.3 Å². The van der Waals surface area contributed by atoms with E-state index in [4.69, 9.17) is 4.52 Å². The molecule has 0 saturated carbocycles. The van der Waals surface area contributed by atoms with Crippen LogP contribution in [0.4, 0.5) is 5.13 Å². The summed E-state index contributed by atoms with van der Waals surface area (Å²) in [5.41, 5.74) is 0.728. The molecule has 1 amide bonds. The molecule has 0 radical (unpaired) electrons. The van der Waals surface area contributed by atoms with E-state index in [9.17, 15) is 9.59 Å². The van der Waals surface area contributed by atoms with Crippen LogP contribution in [-0.2, 0) is 16.0 Å². The van der Waals surface area contributed by atoms with Gasteiger partial charge in [0.2, 0.25) is 0 Å². The summed E-state index contributed by atoms with van der Waals surface area (Å²) in [4.78, 5) is 26.9. The van der Waals surface area contributed by atoms with Crippen molar-refractivity contribution < 1.29 is 18.8 Å². The Labute approximate surface area is 112 Å². The van der Waals surface area contributed by atoms with Crippen LogP contribution in [0.5, 0.6) is 0 Å². The van der Waals surface area contributed by atoms with Gasteiger partial charge in [-0.05, 0) is 6.92 Å². The van der Waals surface area contributed by atoms with Crippen LogP contribution >= 0.6 is 11.3 Å². The highest BCUT2D eigenvalue weighted by molar-refractivity contribution is 7.14. The zero-order chi connectivity index (χ0) is 13.8. The summed E-state index contributed by atoms with van der Waals surface area (Å²) in [6.45, 7) is 1.70. The number of ether oxygens (including phenoxy) is 1. The van der Waals surface area contributed by atoms with E-state index >= 15 is 0 Å². The molecule has 1 N–H and O–H groups in total. The number of nitrogens with zero attached hydrogens (tertiary/aromatic N) is 2. The van der Waals surface area contributed by atoms with Crippen LogP contribution in [-0.4, -0.2) is 29.1 Å². The average molecular weight is 281 g/mol. The number of hydrogen-bond acceptors (Lipinski definition) is 7. The Balaban J connectivity index is 2.00. The zero-order valence-electron chi connectivity index (χ0n) is 10.3. The molecule has 100 valence electrons. The van der Waals surface area contributed by atoms with Gasteiger partial charge in [-0.3, -0.25) is 14.9 Å². The highest BCUT2D eigenvalue weighted by atomic mass is 32.1. The average Bonchev–Trinajstić information content (AvgIpc) is 2.98. The van der Waals surface area contributed by atoms with E-state index in [1.807, 2.05) is 0 Å². The fourth-order valence-electron chi connectivity index (χ4n) is 1.30. The number of hydrogen-bond donors (Lipinski definition) is 1. The van der Waals surface area contributed by atoms with Gasteiger partial charge in [-0.25, -0.2) is 4.98 Å². The maximum atomic E-state index is 11.8. The highest BCUT2D eigenvalue weighted by Gasteiger charge is 2.14. The summed E-state index contributed by atoms with van der Waals surface area (Å²) in [7, 11) is 1.31. The Morgan fingerprint density at radius 3 is 2.95 bits per heavy atom. The third-order valence-corrected chi connectivity index (χ3v) is 2.99. The molecule has 19 heavy (non-hydrogen) atoms. The second-order valence-corrected chi connectivity index (χ2v) is 4.53. The van der Waals surface area contributed by atoms with Gasteiger partial charge >= 0.3 is 5.97 Å². The van der Waals surface area contributed by atoms with Crippen molar-refractivity contribution in [3.05, 3.63) is 28.6 Å². The Hall–Kier alpha value is -2.22. The molecule has 2 aromatic rings. The fraction of sp³-hybridized carbons (Fsp3) is 0.273. The number of aromatic nitrogens is 2. The second kappa shape index (κ2) is 5.61. The summed E-state index contributed by atoms with van der Waals surface area (Å²) in [6.07, 6.45) is 0.0753. The Morgan fingerprint density at radius 2 is 2.32 bits per heavy atom. The van der Waals surface area contributed by atoms with Crippen molar-refractivity contribution in [3.63, 3.8) is 0 Å². The van der Waals surface area contributed by atoms with Crippen molar-refractivity contribution in [1.29, 1.82) is 0 Å². The van der Waals surface area contributed by atoms with Gasteiger partial charge < -0.3 is 9.26 Å². The molecule has 2 aromatic heterocycles. The van der Waals surface area contributed by atoms with Crippen molar-refractivity contribution in [2.24, 2.45) is 0 Å². The predicted molar refractivity (Wildman–Crippen MR) is 67.0 cm³/mol. The van der Waals surface area contributed by atoms with Crippen molar-refractivity contribution in [2.75, 3.05) is 12.4 Å². The van der Waals surface area contributed by atoms with Gasteiger partial charge in [-0.2, -0.15) is 0 Å². The lowest BCUT2D eigenvalue weighted by Crippen LogP contribution is -2.12. The first-order valence-electron chi connectivity index (χ1n) is 5.34. The van der Waals surface area contributed by atoms with Crippen LogP contribution in [0.25, 0.3) is 0 Å². The number of rotatable bonds is 4. The molecule has 0 bridgehead atoms. The first-order valence-corrected chi connectivity index (χ1v) is 6.22.